The summed E-state index contributed by atoms with van der Waals surface area (Å²) < 4.78 is 16.0. The Morgan fingerprint density at radius 1 is 1.10 bits per heavy atom. The molecule has 1 unspecified atom stereocenters. The number of allylic oxidation sites excluding steroid dienone is 4. The molecular formula is C23H13AsFN4S+. The summed E-state index contributed by atoms with van der Waals surface area (Å²) in [5.41, 5.74) is 4.31. The van der Waals surface area contributed by atoms with E-state index in [1.165, 1.54) is 0 Å². The van der Waals surface area contributed by atoms with E-state index in [0.29, 0.717) is 16.9 Å². The van der Waals surface area contributed by atoms with Crippen LogP contribution >= 0.6 is 11.3 Å². The first kappa shape index (κ1) is 17.9. The molecule has 30 heavy (non-hydrogen) atoms. The topological polar surface area (TPSA) is 37.6 Å². The van der Waals surface area contributed by atoms with E-state index in [4.69, 9.17) is 4.99 Å². The van der Waals surface area contributed by atoms with Crippen molar-refractivity contribution in [3.8, 4) is 10.6 Å². The standard InChI is InChI=1S/C23H13AsFN4S/c24-29-11-10-26-13-18(29)21(14-3-1-4-14)28-23(29)16-8-6-15-7-9-17(19-5-2-12-30-19)27-22(15)20(16)25/h1-13H/q+1. The third-order valence-electron chi connectivity index (χ3n) is 5.36. The second-order valence-corrected chi connectivity index (χ2v) is 9.36. The number of fused-ring (bicyclic) bond motifs is 2. The molecule has 0 bridgehead atoms. The maximum atomic E-state index is 15.8. The fourth-order valence-electron chi connectivity index (χ4n) is 3.76. The molecule has 7 heteroatoms. The van der Waals surface area contributed by atoms with Crippen LogP contribution in [0.3, 0.4) is 0 Å². The van der Waals surface area contributed by atoms with E-state index in [-0.39, 0.29) is 9.22 Å². The number of amidine groups is 1. The van der Waals surface area contributed by atoms with Crippen LogP contribution in [-0.4, -0.2) is 37.5 Å². The van der Waals surface area contributed by atoms with Crippen LogP contribution < -0.4 is 0 Å². The first-order valence-electron chi connectivity index (χ1n) is 9.34. The predicted octanol–water partition coefficient (Wildman–Crippen LogP) is 5.03. The second kappa shape index (κ2) is 6.54. The van der Waals surface area contributed by atoms with E-state index in [2.05, 4.69) is 27.1 Å². The number of hydrogen-bond donors (Lipinski definition) is 0. The van der Waals surface area contributed by atoms with Crippen molar-refractivity contribution in [2.45, 2.75) is 0 Å². The normalized spacial score (nSPS) is 21.7. The number of rotatable bonds is 3. The molecule has 1 aliphatic carbocycles. The van der Waals surface area contributed by atoms with E-state index in [1.807, 2.05) is 60.1 Å². The Labute approximate surface area is 185 Å². The molecule has 4 heterocycles. The van der Waals surface area contributed by atoms with Gasteiger partial charge in [-0.25, -0.2) is 0 Å². The van der Waals surface area contributed by atoms with Crippen LogP contribution in [0.15, 0.2) is 99.4 Å². The monoisotopic (exact) mass is 471 g/mol. The van der Waals surface area contributed by atoms with Crippen LogP contribution in [0.25, 0.3) is 21.5 Å². The van der Waals surface area contributed by atoms with Crippen molar-refractivity contribution < 1.29 is 7.79 Å². The quantitative estimate of drug-likeness (QED) is 0.494. The summed E-state index contributed by atoms with van der Waals surface area (Å²) in [6.45, 7) is 0. The zero-order valence-electron chi connectivity index (χ0n) is 15.5. The molecule has 3 aliphatic rings. The zero-order chi connectivity index (χ0) is 20.3. The molecule has 142 valence electrons. The Balaban J connectivity index is 1.54. The van der Waals surface area contributed by atoms with Gasteiger partial charge in [0.05, 0.1) is 0 Å². The van der Waals surface area contributed by atoms with Gasteiger partial charge in [-0.2, -0.15) is 0 Å². The van der Waals surface area contributed by atoms with Gasteiger partial charge >= 0.3 is 185 Å². The van der Waals surface area contributed by atoms with Crippen LogP contribution in [0.4, 0.5) is 4.39 Å². The molecule has 3 aromatic rings. The van der Waals surface area contributed by atoms with E-state index in [9.17, 15) is 0 Å². The Bertz CT molecular complexity index is 1410. The molecule has 2 aliphatic heterocycles. The number of pyridine rings is 1. The van der Waals surface area contributed by atoms with Crippen LogP contribution in [0.2, 0.25) is 0 Å². The van der Waals surface area contributed by atoms with Crippen LogP contribution in [0.1, 0.15) is 5.56 Å². The van der Waals surface area contributed by atoms with Crippen molar-refractivity contribution in [3.63, 3.8) is 0 Å². The summed E-state index contributed by atoms with van der Waals surface area (Å²) in [5, 5.41) is 2.76. The Morgan fingerprint density at radius 2 is 1.97 bits per heavy atom. The molecule has 0 N–H and O–H groups in total. The summed E-state index contributed by atoms with van der Waals surface area (Å²) in [7, 11) is 0. The number of aliphatic imine (C=N–C) groups is 2. The van der Waals surface area contributed by atoms with Crippen molar-refractivity contribution in [1.29, 1.82) is 0 Å². The molecule has 0 saturated carbocycles. The molecule has 0 fully saturated rings. The third-order valence-corrected chi connectivity index (χ3v) is 7.38. The van der Waals surface area contributed by atoms with Gasteiger partial charge in [-0.3, -0.25) is 0 Å². The number of halogens is 1. The summed E-state index contributed by atoms with van der Waals surface area (Å²) in [4.78, 5) is 14.8. The van der Waals surface area contributed by atoms with Gasteiger partial charge in [0.2, 0.25) is 0 Å². The maximum absolute atomic E-state index is 15.8. The molecule has 0 saturated heterocycles. The van der Waals surface area contributed by atoms with E-state index in [0.717, 1.165) is 32.9 Å². The molecule has 0 amide bonds. The summed E-state index contributed by atoms with van der Waals surface area (Å²) >= 11 is 4.18. The minimum atomic E-state index is -0.358. The third kappa shape index (κ3) is 2.51. The van der Waals surface area contributed by atoms with Crippen LogP contribution in [0, 0.1) is 5.82 Å². The van der Waals surface area contributed by atoms with Gasteiger partial charge in [0, 0.05) is 0 Å². The SMILES string of the molecule is Fc1c(C2=NC(C3=CC=C3)=C3C=NC=C[N+]23[As])ccc2ccc(-c3cccs3)nc12. The Kier molecular flexibility index (Phi) is 3.90. The molecule has 1 atom stereocenters. The predicted molar refractivity (Wildman–Crippen MR) is 119 cm³/mol. The van der Waals surface area contributed by atoms with E-state index < -0.39 is 0 Å². The molecule has 4 nitrogen and oxygen atoms in total. The first-order valence-corrected chi connectivity index (χ1v) is 11.1. The van der Waals surface area contributed by atoms with Gasteiger partial charge < -0.3 is 0 Å². The van der Waals surface area contributed by atoms with Gasteiger partial charge in [0.15, 0.2) is 0 Å². The van der Waals surface area contributed by atoms with Gasteiger partial charge in [0.25, 0.3) is 0 Å². The van der Waals surface area contributed by atoms with Gasteiger partial charge in [-0.1, -0.05) is 0 Å². The van der Waals surface area contributed by atoms with Gasteiger partial charge in [-0.15, -0.1) is 0 Å². The number of benzene rings is 1. The fourth-order valence-corrected chi connectivity index (χ4v) is 5.21. The molecule has 2 radical (unpaired) electrons. The molecular weight excluding hydrogens is 458 g/mol. The van der Waals surface area contributed by atoms with E-state index in [1.54, 1.807) is 29.8 Å². The van der Waals surface area contributed by atoms with Crippen molar-refractivity contribution in [1.82, 2.24) is 4.98 Å². The van der Waals surface area contributed by atoms with Crippen LogP contribution in [-0.2, 0) is 0 Å². The number of nitrogens with zero attached hydrogens (tertiary/aromatic N) is 4. The number of thiophene rings is 1. The molecule has 1 aromatic carbocycles. The zero-order valence-corrected chi connectivity index (χ0v) is 18.2. The van der Waals surface area contributed by atoms with Gasteiger partial charge in [-0.05, 0) is 0 Å². The number of quaternary nitrogens is 1. The minimum absolute atomic E-state index is 0.212. The Hall–Kier alpha value is -2.92. The molecule has 2 aromatic heterocycles. The van der Waals surface area contributed by atoms with E-state index >= 15 is 4.39 Å². The summed E-state index contributed by atoms with van der Waals surface area (Å²) in [6.07, 6.45) is 11.4. The average Bonchev–Trinajstić information content (AvgIpc) is 3.34. The average molecular weight is 471 g/mol. The molecule has 6 rings (SSSR count). The summed E-state index contributed by atoms with van der Waals surface area (Å²) in [6, 6.07) is 11.5. The fraction of sp³-hybridized carbons (Fsp3) is 0. The van der Waals surface area contributed by atoms with Crippen molar-refractivity contribution >= 4 is 51.4 Å². The first-order chi connectivity index (χ1) is 14.6. The van der Waals surface area contributed by atoms with Crippen molar-refractivity contribution in [2.24, 2.45) is 9.98 Å². The van der Waals surface area contributed by atoms with Gasteiger partial charge in [0.1, 0.15) is 0 Å². The number of hydrogen-bond acceptors (Lipinski definition) is 4. The Morgan fingerprint density at radius 3 is 2.73 bits per heavy atom. The van der Waals surface area contributed by atoms with Crippen molar-refractivity contribution in [3.05, 3.63) is 101 Å². The van der Waals surface area contributed by atoms with Crippen LogP contribution in [0.5, 0.6) is 0 Å². The van der Waals surface area contributed by atoms with Crippen molar-refractivity contribution in [2.75, 3.05) is 0 Å². The number of aromatic nitrogens is 1. The second-order valence-electron chi connectivity index (χ2n) is 7.08. The molecule has 0 spiro atoms. The summed E-state index contributed by atoms with van der Waals surface area (Å²) in [5.74, 6) is 0.245.